The van der Waals surface area contributed by atoms with E-state index in [1.165, 1.54) is 5.56 Å². The molecule has 0 aliphatic carbocycles. The monoisotopic (exact) mass is 452 g/mol. The predicted octanol–water partition coefficient (Wildman–Crippen LogP) is 4.30. The number of carbonyl (C=O) groups excluding carboxylic acids is 1. The van der Waals surface area contributed by atoms with Gasteiger partial charge in [0.2, 0.25) is 12.7 Å². The highest BCUT2D eigenvalue weighted by molar-refractivity contribution is 7.99. The number of halogens is 2. The van der Waals surface area contributed by atoms with Gasteiger partial charge in [-0.2, -0.15) is 0 Å². The summed E-state index contributed by atoms with van der Waals surface area (Å²) >= 11 is 13.9. The SMILES string of the molecule is O=C(CSCc1c(Cl)cccc1Cl)N1CCN(Cc2ccc3c(c2)OCO3)CC1. The molecule has 0 aromatic heterocycles. The van der Waals surface area contributed by atoms with E-state index in [0.717, 1.165) is 49.8 Å². The zero-order valence-corrected chi connectivity index (χ0v) is 18.2. The molecule has 29 heavy (non-hydrogen) atoms. The first-order valence-electron chi connectivity index (χ1n) is 9.49. The molecular formula is C21H22Cl2N2O3S. The Morgan fingerprint density at radius 2 is 1.72 bits per heavy atom. The van der Waals surface area contributed by atoms with Gasteiger partial charge in [0.25, 0.3) is 0 Å². The lowest BCUT2D eigenvalue weighted by Crippen LogP contribution is -2.48. The lowest BCUT2D eigenvalue weighted by atomic mass is 10.1. The Morgan fingerprint density at radius 1 is 1.00 bits per heavy atom. The number of ether oxygens (including phenoxy) is 2. The molecule has 2 aromatic rings. The van der Waals surface area contributed by atoms with Gasteiger partial charge in [-0.15, -0.1) is 11.8 Å². The van der Waals surface area contributed by atoms with Crippen LogP contribution in [0.3, 0.4) is 0 Å². The number of hydrogen-bond acceptors (Lipinski definition) is 5. The van der Waals surface area contributed by atoms with Crippen molar-refractivity contribution in [3.8, 4) is 11.5 Å². The molecule has 5 nitrogen and oxygen atoms in total. The van der Waals surface area contributed by atoms with E-state index in [1.54, 1.807) is 11.8 Å². The van der Waals surface area contributed by atoms with Crippen molar-refractivity contribution in [1.82, 2.24) is 9.80 Å². The zero-order valence-electron chi connectivity index (χ0n) is 15.9. The fourth-order valence-corrected chi connectivity index (χ4v) is 5.12. The Bertz CT molecular complexity index is 868. The molecule has 0 unspecified atom stereocenters. The molecule has 1 fully saturated rings. The van der Waals surface area contributed by atoms with E-state index in [2.05, 4.69) is 11.0 Å². The third-order valence-electron chi connectivity index (χ3n) is 5.10. The number of carbonyl (C=O) groups is 1. The summed E-state index contributed by atoms with van der Waals surface area (Å²) in [5, 5.41) is 1.30. The van der Waals surface area contributed by atoms with Crippen molar-refractivity contribution >= 4 is 40.9 Å². The van der Waals surface area contributed by atoms with Crippen LogP contribution in [0.5, 0.6) is 11.5 Å². The number of nitrogens with zero attached hydrogens (tertiary/aromatic N) is 2. The molecule has 8 heteroatoms. The minimum absolute atomic E-state index is 0.168. The van der Waals surface area contributed by atoms with Crippen LogP contribution in [-0.2, 0) is 17.1 Å². The quantitative estimate of drug-likeness (QED) is 0.653. The summed E-state index contributed by atoms with van der Waals surface area (Å²) in [5.74, 6) is 2.85. The maximum absolute atomic E-state index is 12.5. The summed E-state index contributed by atoms with van der Waals surface area (Å²) in [5.41, 5.74) is 2.09. The molecule has 2 aliphatic heterocycles. The second-order valence-corrected chi connectivity index (χ2v) is 8.84. The maximum Gasteiger partial charge on any atom is 0.232 e. The van der Waals surface area contributed by atoms with Crippen LogP contribution < -0.4 is 9.47 Å². The van der Waals surface area contributed by atoms with Crippen molar-refractivity contribution in [2.45, 2.75) is 12.3 Å². The molecule has 0 radical (unpaired) electrons. The smallest absolute Gasteiger partial charge is 0.232 e. The van der Waals surface area contributed by atoms with Crippen molar-refractivity contribution in [2.24, 2.45) is 0 Å². The number of hydrogen-bond donors (Lipinski definition) is 0. The normalized spacial score (nSPS) is 16.3. The summed E-state index contributed by atoms with van der Waals surface area (Å²) in [6.07, 6.45) is 0. The number of piperazine rings is 1. The minimum Gasteiger partial charge on any atom is -0.454 e. The third-order valence-corrected chi connectivity index (χ3v) is 6.75. The fraction of sp³-hybridized carbons (Fsp3) is 0.381. The summed E-state index contributed by atoms with van der Waals surface area (Å²) < 4.78 is 10.8. The van der Waals surface area contributed by atoms with E-state index in [0.29, 0.717) is 28.3 Å². The Balaban J connectivity index is 1.21. The number of rotatable bonds is 6. The van der Waals surface area contributed by atoms with Crippen LogP contribution in [-0.4, -0.2) is 54.4 Å². The van der Waals surface area contributed by atoms with Crippen LogP contribution in [0.15, 0.2) is 36.4 Å². The predicted molar refractivity (Wildman–Crippen MR) is 117 cm³/mol. The molecular weight excluding hydrogens is 431 g/mol. The first kappa shape index (κ1) is 20.7. The van der Waals surface area contributed by atoms with Crippen molar-refractivity contribution < 1.29 is 14.3 Å². The van der Waals surface area contributed by atoms with Gasteiger partial charge in [0, 0.05) is 48.5 Å². The first-order chi connectivity index (χ1) is 14.1. The Morgan fingerprint density at radius 3 is 2.48 bits per heavy atom. The molecule has 154 valence electrons. The average Bonchev–Trinajstić information content (AvgIpc) is 3.18. The zero-order chi connectivity index (χ0) is 20.2. The highest BCUT2D eigenvalue weighted by Crippen LogP contribution is 2.33. The molecule has 4 rings (SSSR count). The number of fused-ring (bicyclic) bond motifs is 1. The van der Waals surface area contributed by atoms with Crippen molar-refractivity contribution in [3.05, 3.63) is 57.6 Å². The fourth-order valence-electron chi connectivity index (χ4n) is 3.45. The van der Waals surface area contributed by atoms with Gasteiger partial charge in [0.15, 0.2) is 11.5 Å². The van der Waals surface area contributed by atoms with Crippen molar-refractivity contribution in [3.63, 3.8) is 0 Å². The van der Waals surface area contributed by atoms with E-state index >= 15 is 0 Å². The topological polar surface area (TPSA) is 42.0 Å². The second kappa shape index (κ2) is 9.47. The molecule has 1 amide bonds. The van der Waals surface area contributed by atoms with Crippen molar-refractivity contribution in [2.75, 3.05) is 38.7 Å². The second-order valence-electron chi connectivity index (χ2n) is 7.04. The highest BCUT2D eigenvalue weighted by Gasteiger charge is 2.22. The van der Waals surface area contributed by atoms with Crippen molar-refractivity contribution in [1.29, 1.82) is 0 Å². The van der Waals surface area contributed by atoms with E-state index < -0.39 is 0 Å². The average molecular weight is 453 g/mol. The van der Waals surface area contributed by atoms with Crippen LogP contribution in [0.1, 0.15) is 11.1 Å². The molecule has 0 spiro atoms. The standard InChI is InChI=1S/C21H22Cl2N2O3S/c22-17-2-1-3-18(23)16(17)12-29-13-21(26)25-8-6-24(7-9-25)11-15-4-5-19-20(10-15)28-14-27-19/h1-5,10H,6-9,11-14H2. The van der Waals surface area contributed by atoms with Gasteiger partial charge in [0.1, 0.15) is 0 Å². The van der Waals surface area contributed by atoms with E-state index in [4.69, 9.17) is 32.7 Å². The van der Waals surface area contributed by atoms with Gasteiger partial charge in [-0.3, -0.25) is 9.69 Å². The lowest BCUT2D eigenvalue weighted by Gasteiger charge is -2.34. The molecule has 1 saturated heterocycles. The third kappa shape index (κ3) is 5.12. The highest BCUT2D eigenvalue weighted by atomic mass is 35.5. The van der Waals surface area contributed by atoms with Crippen LogP contribution >= 0.6 is 35.0 Å². The van der Waals surface area contributed by atoms with Gasteiger partial charge in [-0.1, -0.05) is 35.3 Å². The largest absolute Gasteiger partial charge is 0.454 e. The Kier molecular flexibility index (Phi) is 6.75. The number of thioether (sulfide) groups is 1. The van der Waals surface area contributed by atoms with Crippen LogP contribution in [0.25, 0.3) is 0 Å². The van der Waals surface area contributed by atoms with Gasteiger partial charge in [0.05, 0.1) is 5.75 Å². The van der Waals surface area contributed by atoms with E-state index in [-0.39, 0.29) is 5.91 Å². The van der Waals surface area contributed by atoms with E-state index in [9.17, 15) is 4.79 Å². The van der Waals surface area contributed by atoms with Crippen LogP contribution in [0.4, 0.5) is 0 Å². The van der Waals surface area contributed by atoms with Gasteiger partial charge >= 0.3 is 0 Å². The van der Waals surface area contributed by atoms with Gasteiger partial charge < -0.3 is 14.4 Å². The first-order valence-corrected chi connectivity index (χ1v) is 11.4. The molecule has 2 aliphatic rings. The molecule has 0 atom stereocenters. The summed E-state index contributed by atoms with van der Waals surface area (Å²) in [6.45, 7) is 4.36. The number of benzene rings is 2. The minimum atomic E-state index is 0.168. The van der Waals surface area contributed by atoms with E-state index in [1.807, 2.05) is 35.2 Å². The molecule has 0 saturated carbocycles. The summed E-state index contributed by atoms with van der Waals surface area (Å²) in [4.78, 5) is 16.8. The van der Waals surface area contributed by atoms with Gasteiger partial charge in [-0.05, 0) is 35.4 Å². The lowest BCUT2D eigenvalue weighted by molar-refractivity contribution is -0.130. The molecule has 2 aromatic carbocycles. The molecule has 0 bridgehead atoms. The maximum atomic E-state index is 12.5. The van der Waals surface area contributed by atoms with Gasteiger partial charge in [-0.25, -0.2) is 0 Å². The van der Waals surface area contributed by atoms with Crippen LogP contribution in [0.2, 0.25) is 10.0 Å². The Hall–Kier alpha value is -1.60. The number of amides is 1. The Labute approximate surface area is 184 Å². The molecule has 0 N–H and O–H groups in total. The molecule has 2 heterocycles. The summed E-state index contributed by atoms with van der Waals surface area (Å²) in [6, 6.07) is 11.5. The van der Waals surface area contributed by atoms with Crippen LogP contribution in [0, 0.1) is 0 Å². The summed E-state index contributed by atoms with van der Waals surface area (Å²) in [7, 11) is 0.